The molecule has 0 unspecified atom stereocenters. The van der Waals surface area contributed by atoms with Crippen molar-refractivity contribution in [3.63, 3.8) is 0 Å². The molecule has 0 saturated heterocycles. The number of nitrogens with one attached hydrogen (secondary N) is 1. The number of amides is 1. The molecule has 0 spiro atoms. The molecule has 3 heterocycles. The molecule has 1 N–H and O–H groups in total. The number of carbonyl (C=O) groups excluding carboxylic acids is 1. The van der Waals surface area contributed by atoms with Gasteiger partial charge in [0, 0.05) is 22.7 Å². The van der Waals surface area contributed by atoms with Gasteiger partial charge in [0.05, 0.1) is 12.1 Å². The Labute approximate surface area is 202 Å². The molecule has 0 bridgehead atoms. The lowest BCUT2D eigenvalue weighted by molar-refractivity contribution is -0.114. The number of aromatic nitrogens is 1. The molecule has 1 amide bonds. The van der Waals surface area contributed by atoms with E-state index in [1.165, 1.54) is 27.9 Å². The summed E-state index contributed by atoms with van der Waals surface area (Å²) in [4.78, 5) is 16.9. The van der Waals surface area contributed by atoms with Crippen molar-refractivity contribution in [2.24, 2.45) is 10.1 Å². The standard InChI is InChI=1S/C26H25N5O2S/c1-4-23-29-31-24(27)21(25(32)28-26(31)34-23)14-18-15-30(22-8-6-5-7-20(18)22)11-12-33-19-10-9-16(2)17(3)13-19/h5-10,13-15,27H,4,11-12H2,1-3H3/b21-14+,27-24?. The van der Waals surface area contributed by atoms with E-state index in [0.29, 0.717) is 18.3 Å². The monoisotopic (exact) mass is 471 g/mol. The van der Waals surface area contributed by atoms with Crippen LogP contribution in [-0.2, 0) is 11.3 Å². The summed E-state index contributed by atoms with van der Waals surface area (Å²) >= 11 is 1.34. The zero-order valence-electron chi connectivity index (χ0n) is 19.3. The lowest BCUT2D eigenvalue weighted by Gasteiger charge is -2.20. The van der Waals surface area contributed by atoms with Gasteiger partial charge in [-0.05, 0) is 67.4 Å². The number of nitrogens with zero attached hydrogens (tertiary/aromatic N) is 4. The number of benzene rings is 2. The summed E-state index contributed by atoms with van der Waals surface area (Å²) in [7, 11) is 0. The molecule has 172 valence electrons. The maximum absolute atomic E-state index is 12.8. The van der Waals surface area contributed by atoms with Gasteiger partial charge in [-0.1, -0.05) is 31.2 Å². The largest absolute Gasteiger partial charge is 0.492 e. The zero-order chi connectivity index (χ0) is 23.8. The lowest BCUT2D eigenvalue weighted by atomic mass is 10.1. The first-order chi connectivity index (χ1) is 16.4. The van der Waals surface area contributed by atoms with Crippen LogP contribution < -0.4 is 4.74 Å². The van der Waals surface area contributed by atoms with Crippen LogP contribution in [0.25, 0.3) is 17.0 Å². The van der Waals surface area contributed by atoms with E-state index in [-0.39, 0.29) is 11.4 Å². The average Bonchev–Trinajstić information content (AvgIpc) is 3.40. The number of aliphatic imine (C=N–C) groups is 1. The van der Waals surface area contributed by atoms with Crippen LogP contribution in [0.3, 0.4) is 0 Å². The van der Waals surface area contributed by atoms with Gasteiger partial charge in [-0.3, -0.25) is 10.2 Å². The minimum absolute atomic E-state index is 0.0563. The Kier molecular flexibility index (Phi) is 5.83. The maximum Gasteiger partial charge on any atom is 0.283 e. The molecule has 0 radical (unpaired) electrons. The minimum atomic E-state index is -0.411. The number of thioether (sulfide) groups is 1. The van der Waals surface area contributed by atoms with Crippen LogP contribution in [0, 0.1) is 19.3 Å². The molecular formula is C26H25N5O2S. The number of carbonyl (C=O) groups is 1. The Hall–Kier alpha value is -3.65. The van der Waals surface area contributed by atoms with Crippen molar-refractivity contribution in [3.05, 3.63) is 70.9 Å². The quantitative estimate of drug-likeness (QED) is 0.490. The lowest BCUT2D eigenvalue weighted by Crippen LogP contribution is -2.35. The van der Waals surface area contributed by atoms with Gasteiger partial charge in [-0.2, -0.15) is 15.1 Å². The normalized spacial score (nSPS) is 16.8. The van der Waals surface area contributed by atoms with E-state index in [4.69, 9.17) is 10.1 Å². The van der Waals surface area contributed by atoms with Gasteiger partial charge >= 0.3 is 0 Å². The predicted octanol–water partition coefficient (Wildman–Crippen LogP) is 5.37. The summed E-state index contributed by atoms with van der Waals surface area (Å²) in [5.41, 5.74) is 4.58. The highest BCUT2D eigenvalue weighted by Gasteiger charge is 2.35. The highest BCUT2D eigenvalue weighted by molar-refractivity contribution is 8.26. The van der Waals surface area contributed by atoms with Gasteiger partial charge in [0.25, 0.3) is 5.91 Å². The number of hydrogen-bond donors (Lipinski definition) is 1. The van der Waals surface area contributed by atoms with E-state index >= 15 is 0 Å². The van der Waals surface area contributed by atoms with Crippen molar-refractivity contribution in [1.29, 1.82) is 5.41 Å². The van der Waals surface area contributed by atoms with Crippen LogP contribution in [0.1, 0.15) is 30.0 Å². The zero-order valence-corrected chi connectivity index (χ0v) is 20.1. The van der Waals surface area contributed by atoms with E-state index in [0.717, 1.165) is 33.7 Å². The van der Waals surface area contributed by atoms with Crippen LogP contribution in [0.5, 0.6) is 5.75 Å². The van der Waals surface area contributed by atoms with Gasteiger partial charge < -0.3 is 9.30 Å². The predicted molar refractivity (Wildman–Crippen MR) is 139 cm³/mol. The maximum atomic E-state index is 12.8. The molecule has 8 heteroatoms. The summed E-state index contributed by atoms with van der Waals surface area (Å²) in [6, 6.07) is 14.1. The second kappa shape index (κ2) is 8.95. The van der Waals surface area contributed by atoms with Gasteiger partial charge in [-0.25, -0.2) is 0 Å². The number of aryl methyl sites for hydroxylation is 2. The van der Waals surface area contributed by atoms with Crippen LogP contribution in [-0.4, -0.2) is 38.1 Å². The molecular weight excluding hydrogens is 446 g/mol. The second-order valence-electron chi connectivity index (χ2n) is 8.26. The first-order valence-electron chi connectivity index (χ1n) is 11.2. The van der Waals surface area contributed by atoms with Crippen molar-refractivity contribution in [3.8, 4) is 5.75 Å². The third kappa shape index (κ3) is 4.05. The van der Waals surface area contributed by atoms with Crippen molar-refractivity contribution >= 4 is 50.7 Å². The Balaban J connectivity index is 1.42. The first kappa shape index (κ1) is 22.2. The molecule has 0 fully saturated rings. The van der Waals surface area contributed by atoms with E-state index in [9.17, 15) is 4.79 Å². The van der Waals surface area contributed by atoms with Gasteiger partial charge in [-0.15, -0.1) is 0 Å². The molecule has 34 heavy (non-hydrogen) atoms. The smallest absolute Gasteiger partial charge is 0.283 e. The molecule has 3 aromatic rings. The molecule has 1 aromatic heterocycles. The Morgan fingerprint density at radius 1 is 1.15 bits per heavy atom. The second-order valence-corrected chi connectivity index (χ2v) is 9.30. The third-order valence-corrected chi connectivity index (χ3v) is 7.05. The fourth-order valence-electron chi connectivity index (χ4n) is 3.97. The molecule has 2 aliphatic heterocycles. The highest BCUT2D eigenvalue weighted by atomic mass is 32.2. The van der Waals surface area contributed by atoms with Crippen molar-refractivity contribution in [2.75, 3.05) is 6.61 Å². The van der Waals surface area contributed by atoms with Crippen molar-refractivity contribution in [2.45, 2.75) is 33.7 Å². The number of para-hydroxylation sites is 1. The average molecular weight is 472 g/mol. The molecule has 7 nitrogen and oxygen atoms in total. The summed E-state index contributed by atoms with van der Waals surface area (Å²) in [6.07, 6.45) is 4.48. The fourth-order valence-corrected chi connectivity index (χ4v) is 4.80. The topological polar surface area (TPSA) is 83.0 Å². The van der Waals surface area contributed by atoms with E-state index < -0.39 is 5.91 Å². The number of amidine groups is 2. The summed E-state index contributed by atoms with van der Waals surface area (Å²) in [5.74, 6) is 0.499. The van der Waals surface area contributed by atoms with Crippen molar-refractivity contribution in [1.82, 2.24) is 9.58 Å². The molecule has 5 rings (SSSR count). The van der Waals surface area contributed by atoms with E-state index in [1.807, 2.05) is 43.5 Å². The number of fused-ring (bicyclic) bond motifs is 2. The van der Waals surface area contributed by atoms with Crippen molar-refractivity contribution < 1.29 is 9.53 Å². The molecule has 2 aromatic carbocycles. The minimum Gasteiger partial charge on any atom is -0.492 e. The summed E-state index contributed by atoms with van der Waals surface area (Å²) < 4.78 is 8.11. The Morgan fingerprint density at radius 3 is 2.76 bits per heavy atom. The van der Waals surface area contributed by atoms with E-state index in [1.54, 1.807) is 6.08 Å². The Bertz CT molecular complexity index is 1420. The summed E-state index contributed by atoms with van der Waals surface area (Å²) in [5, 5.41) is 16.8. The highest BCUT2D eigenvalue weighted by Crippen LogP contribution is 2.31. The number of rotatable bonds is 6. The van der Waals surface area contributed by atoms with E-state index in [2.05, 4.69) is 40.6 Å². The number of hydrazone groups is 1. The number of hydrogen-bond acceptors (Lipinski definition) is 5. The molecule has 0 atom stereocenters. The van der Waals surface area contributed by atoms with Gasteiger partial charge in [0.1, 0.15) is 17.4 Å². The first-order valence-corrected chi connectivity index (χ1v) is 12.0. The van der Waals surface area contributed by atoms with Crippen LogP contribution in [0.4, 0.5) is 0 Å². The fraction of sp³-hybridized carbons (Fsp3) is 0.231. The third-order valence-electron chi connectivity index (χ3n) is 6.00. The van der Waals surface area contributed by atoms with Crippen LogP contribution in [0.2, 0.25) is 0 Å². The molecule has 0 saturated carbocycles. The van der Waals surface area contributed by atoms with Gasteiger partial charge in [0.2, 0.25) is 5.17 Å². The molecule has 0 aliphatic carbocycles. The van der Waals surface area contributed by atoms with Gasteiger partial charge in [0.15, 0.2) is 5.84 Å². The molecule has 2 aliphatic rings. The Morgan fingerprint density at radius 2 is 1.97 bits per heavy atom. The van der Waals surface area contributed by atoms with Crippen LogP contribution >= 0.6 is 11.8 Å². The summed E-state index contributed by atoms with van der Waals surface area (Å²) in [6.45, 7) is 7.32. The van der Waals surface area contributed by atoms with Crippen LogP contribution in [0.15, 0.2) is 64.3 Å². The SMILES string of the molecule is CCC1=NN2C(=N)/C(=C\c3cn(CCOc4ccc(C)c(C)c4)c4ccccc34)C(=O)N=C2S1. The number of ether oxygens (including phenoxy) is 1.